The maximum Gasteiger partial charge on any atom is 0.122 e. The van der Waals surface area contributed by atoms with Crippen LogP contribution >= 0.6 is 0 Å². The first-order valence-corrected chi connectivity index (χ1v) is 6.23. The Balaban J connectivity index is 1.65. The average Bonchev–Trinajstić information content (AvgIpc) is 2.85. The summed E-state index contributed by atoms with van der Waals surface area (Å²) < 4.78 is 12.7. The molecular formula is C14H19N3O2. The van der Waals surface area contributed by atoms with Crippen molar-refractivity contribution < 1.29 is 9.47 Å². The molecule has 0 fully saturated rings. The summed E-state index contributed by atoms with van der Waals surface area (Å²) in [6.45, 7) is 2.14. The van der Waals surface area contributed by atoms with Crippen LogP contribution in [0.5, 0.6) is 11.5 Å². The third-order valence-corrected chi connectivity index (χ3v) is 2.81. The molecular weight excluding hydrogens is 242 g/mol. The Morgan fingerprint density at radius 2 is 1.95 bits per heavy atom. The van der Waals surface area contributed by atoms with E-state index < -0.39 is 0 Å². The van der Waals surface area contributed by atoms with Gasteiger partial charge in [-0.3, -0.25) is 0 Å². The number of hydrogen-bond acceptors (Lipinski definition) is 4. The summed E-state index contributed by atoms with van der Waals surface area (Å²) in [5.74, 6) is 2.70. The Morgan fingerprint density at radius 3 is 2.58 bits per heavy atom. The van der Waals surface area contributed by atoms with Crippen molar-refractivity contribution in [2.75, 3.05) is 20.3 Å². The highest BCUT2D eigenvalue weighted by atomic mass is 16.5. The van der Waals surface area contributed by atoms with Gasteiger partial charge in [0.25, 0.3) is 0 Å². The minimum absolute atomic E-state index is 0.622. The lowest BCUT2D eigenvalue weighted by atomic mass is 10.3. The second-order valence-corrected chi connectivity index (χ2v) is 4.16. The first-order valence-electron chi connectivity index (χ1n) is 6.23. The van der Waals surface area contributed by atoms with E-state index in [4.69, 9.17) is 9.47 Å². The van der Waals surface area contributed by atoms with E-state index in [1.165, 1.54) is 0 Å². The summed E-state index contributed by atoms with van der Waals surface area (Å²) in [7, 11) is 3.63. The van der Waals surface area contributed by atoms with Crippen LogP contribution in [0.1, 0.15) is 5.82 Å². The molecule has 0 aliphatic rings. The molecule has 1 N–H and O–H groups in total. The fourth-order valence-electron chi connectivity index (χ4n) is 1.68. The minimum Gasteiger partial charge on any atom is -0.497 e. The van der Waals surface area contributed by atoms with Gasteiger partial charge < -0.3 is 19.4 Å². The number of aryl methyl sites for hydroxylation is 1. The Morgan fingerprint density at radius 1 is 1.21 bits per heavy atom. The Kier molecular flexibility index (Phi) is 4.80. The van der Waals surface area contributed by atoms with Crippen molar-refractivity contribution in [1.82, 2.24) is 14.9 Å². The number of aromatic nitrogens is 2. The lowest BCUT2D eigenvalue weighted by Crippen LogP contribution is -2.22. The van der Waals surface area contributed by atoms with Gasteiger partial charge in [0.15, 0.2) is 0 Å². The number of nitrogens with one attached hydrogen (secondary N) is 1. The van der Waals surface area contributed by atoms with Crippen molar-refractivity contribution in [3.05, 3.63) is 42.5 Å². The molecule has 0 aliphatic heterocycles. The van der Waals surface area contributed by atoms with Gasteiger partial charge in [-0.25, -0.2) is 4.98 Å². The molecule has 0 atom stereocenters. The standard InChI is InChI=1S/C14H19N3O2/c1-17-9-7-16-14(17)11-15-8-10-19-13-5-3-12(18-2)4-6-13/h3-7,9,15H,8,10-11H2,1-2H3. The highest BCUT2D eigenvalue weighted by Crippen LogP contribution is 2.16. The van der Waals surface area contributed by atoms with Crippen LogP contribution in [0.2, 0.25) is 0 Å². The summed E-state index contributed by atoms with van der Waals surface area (Å²) in [4.78, 5) is 4.24. The van der Waals surface area contributed by atoms with Gasteiger partial charge in [0.05, 0.1) is 13.7 Å². The number of ether oxygens (including phenoxy) is 2. The molecule has 0 spiro atoms. The maximum absolute atomic E-state index is 5.61. The summed E-state index contributed by atoms with van der Waals surface area (Å²) in [5.41, 5.74) is 0. The Labute approximate surface area is 113 Å². The quantitative estimate of drug-likeness (QED) is 0.769. The second kappa shape index (κ2) is 6.80. The molecule has 2 rings (SSSR count). The number of imidazole rings is 1. The van der Waals surface area contributed by atoms with Crippen LogP contribution < -0.4 is 14.8 Å². The smallest absolute Gasteiger partial charge is 0.122 e. The van der Waals surface area contributed by atoms with E-state index in [1.807, 2.05) is 42.1 Å². The van der Waals surface area contributed by atoms with Crippen molar-refractivity contribution >= 4 is 0 Å². The summed E-state index contributed by atoms with van der Waals surface area (Å²) in [6, 6.07) is 7.57. The molecule has 5 heteroatoms. The van der Waals surface area contributed by atoms with E-state index >= 15 is 0 Å². The van der Waals surface area contributed by atoms with Crippen LogP contribution in [0.25, 0.3) is 0 Å². The van der Waals surface area contributed by atoms with Gasteiger partial charge in [0, 0.05) is 26.0 Å². The molecule has 0 bridgehead atoms. The molecule has 2 aromatic rings. The first-order chi connectivity index (χ1) is 9.29. The largest absolute Gasteiger partial charge is 0.497 e. The Bertz CT molecular complexity index is 494. The fraction of sp³-hybridized carbons (Fsp3) is 0.357. The normalized spacial score (nSPS) is 10.4. The van der Waals surface area contributed by atoms with Gasteiger partial charge in [-0.15, -0.1) is 0 Å². The van der Waals surface area contributed by atoms with Crippen LogP contribution in [-0.4, -0.2) is 29.8 Å². The molecule has 1 heterocycles. The van der Waals surface area contributed by atoms with Crippen molar-refractivity contribution in [3.63, 3.8) is 0 Å². The summed E-state index contributed by atoms with van der Waals surface area (Å²) in [5, 5.41) is 3.29. The van der Waals surface area contributed by atoms with Crippen molar-refractivity contribution in [3.8, 4) is 11.5 Å². The van der Waals surface area contributed by atoms with Crippen LogP contribution in [0.15, 0.2) is 36.7 Å². The SMILES string of the molecule is COc1ccc(OCCNCc2nccn2C)cc1. The summed E-state index contributed by atoms with van der Waals surface area (Å²) in [6.07, 6.45) is 3.73. The highest BCUT2D eigenvalue weighted by Gasteiger charge is 1.98. The number of benzene rings is 1. The van der Waals surface area contributed by atoms with Crippen molar-refractivity contribution in [2.24, 2.45) is 7.05 Å². The molecule has 0 saturated carbocycles. The monoisotopic (exact) mass is 261 g/mol. The first kappa shape index (κ1) is 13.4. The molecule has 1 aromatic carbocycles. The zero-order valence-corrected chi connectivity index (χ0v) is 11.3. The maximum atomic E-state index is 5.61. The number of rotatable bonds is 7. The number of nitrogens with zero attached hydrogens (tertiary/aromatic N) is 2. The van der Waals surface area contributed by atoms with E-state index in [-0.39, 0.29) is 0 Å². The molecule has 0 amide bonds. The minimum atomic E-state index is 0.622. The van der Waals surface area contributed by atoms with Crippen molar-refractivity contribution in [1.29, 1.82) is 0 Å². The average molecular weight is 261 g/mol. The predicted octanol–water partition coefficient (Wildman–Crippen LogP) is 1.60. The van der Waals surface area contributed by atoms with E-state index in [0.717, 1.165) is 30.4 Å². The molecule has 0 unspecified atom stereocenters. The van der Waals surface area contributed by atoms with E-state index in [1.54, 1.807) is 13.3 Å². The predicted molar refractivity (Wildman–Crippen MR) is 73.4 cm³/mol. The fourth-order valence-corrected chi connectivity index (χ4v) is 1.68. The molecule has 102 valence electrons. The van der Waals surface area contributed by atoms with Gasteiger partial charge >= 0.3 is 0 Å². The third kappa shape index (κ3) is 3.99. The van der Waals surface area contributed by atoms with Crippen LogP contribution in [-0.2, 0) is 13.6 Å². The highest BCUT2D eigenvalue weighted by molar-refractivity contribution is 5.31. The van der Waals surface area contributed by atoms with Gasteiger partial charge in [-0.1, -0.05) is 0 Å². The molecule has 1 aromatic heterocycles. The van der Waals surface area contributed by atoms with Gasteiger partial charge in [0.2, 0.25) is 0 Å². The molecule has 5 nitrogen and oxygen atoms in total. The molecule has 0 saturated heterocycles. The van der Waals surface area contributed by atoms with E-state index in [9.17, 15) is 0 Å². The van der Waals surface area contributed by atoms with Gasteiger partial charge in [-0.05, 0) is 24.3 Å². The number of hydrogen-bond donors (Lipinski definition) is 1. The lowest BCUT2D eigenvalue weighted by Gasteiger charge is -2.08. The zero-order valence-electron chi connectivity index (χ0n) is 11.3. The molecule has 19 heavy (non-hydrogen) atoms. The van der Waals surface area contributed by atoms with Crippen LogP contribution in [0.4, 0.5) is 0 Å². The number of methoxy groups -OCH3 is 1. The Hall–Kier alpha value is -2.01. The second-order valence-electron chi connectivity index (χ2n) is 4.16. The third-order valence-electron chi connectivity index (χ3n) is 2.81. The van der Waals surface area contributed by atoms with E-state index in [0.29, 0.717) is 6.61 Å². The van der Waals surface area contributed by atoms with Crippen LogP contribution in [0.3, 0.4) is 0 Å². The van der Waals surface area contributed by atoms with E-state index in [2.05, 4.69) is 10.3 Å². The lowest BCUT2D eigenvalue weighted by molar-refractivity contribution is 0.312. The summed E-state index contributed by atoms with van der Waals surface area (Å²) >= 11 is 0. The zero-order chi connectivity index (χ0) is 13.5. The van der Waals surface area contributed by atoms with Crippen molar-refractivity contribution in [2.45, 2.75) is 6.54 Å². The topological polar surface area (TPSA) is 48.3 Å². The van der Waals surface area contributed by atoms with Crippen LogP contribution in [0, 0.1) is 0 Å². The van der Waals surface area contributed by atoms with Gasteiger partial charge in [0.1, 0.15) is 23.9 Å². The molecule has 0 radical (unpaired) electrons. The van der Waals surface area contributed by atoms with Gasteiger partial charge in [-0.2, -0.15) is 0 Å². The molecule has 0 aliphatic carbocycles.